The summed E-state index contributed by atoms with van der Waals surface area (Å²) in [6.07, 6.45) is -0.548. The number of rotatable bonds is 13. The third kappa shape index (κ3) is 7.69. The lowest BCUT2D eigenvalue weighted by Gasteiger charge is -2.24. The molecule has 0 aliphatic carbocycles. The Kier molecular flexibility index (Phi) is 10.3. The number of amides is 3. The molecule has 0 bridgehead atoms. The first-order valence-corrected chi connectivity index (χ1v) is 11.5. The Morgan fingerprint density at radius 1 is 0.972 bits per heavy atom. The molecule has 0 fully saturated rings. The maximum absolute atomic E-state index is 12.8. The van der Waals surface area contributed by atoms with Gasteiger partial charge in [-0.2, -0.15) is 12.6 Å². The number of nitrogens with two attached hydrogens (primary N) is 1. The summed E-state index contributed by atoms with van der Waals surface area (Å²) in [6.45, 7) is 1.28. The van der Waals surface area contributed by atoms with Crippen molar-refractivity contribution in [2.75, 3.05) is 5.75 Å². The van der Waals surface area contributed by atoms with Gasteiger partial charge in [0.05, 0.1) is 12.5 Å². The van der Waals surface area contributed by atoms with E-state index in [1.807, 2.05) is 0 Å². The molecule has 0 aliphatic rings. The number of nitrogens with one attached hydrogen (secondary N) is 4. The zero-order valence-corrected chi connectivity index (χ0v) is 20.2. The van der Waals surface area contributed by atoms with Crippen molar-refractivity contribution in [2.24, 2.45) is 5.73 Å². The van der Waals surface area contributed by atoms with Crippen molar-refractivity contribution in [1.29, 1.82) is 0 Å². The largest absolute Gasteiger partial charge is 0.481 e. The second-order valence-corrected chi connectivity index (χ2v) is 8.50. The highest BCUT2D eigenvalue weighted by Crippen LogP contribution is 2.19. The lowest BCUT2D eigenvalue weighted by atomic mass is 10.0. The second-order valence-electron chi connectivity index (χ2n) is 8.13. The number of aromatic amines is 1. The Hall–Kier alpha value is -3.62. The Morgan fingerprint density at radius 3 is 2.14 bits per heavy atom. The van der Waals surface area contributed by atoms with Gasteiger partial charge in [-0.1, -0.05) is 18.2 Å². The fraction of sp³-hybridized carbons (Fsp3) is 0.409. The third-order valence-corrected chi connectivity index (χ3v) is 5.73. The summed E-state index contributed by atoms with van der Waals surface area (Å²) in [6, 6.07) is 1.45. The maximum atomic E-state index is 12.8. The first-order chi connectivity index (χ1) is 16.9. The van der Waals surface area contributed by atoms with E-state index in [2.05, 4.69) is 33.6 Å². The average molecular weight is 524 g/mol. The van der Waals surface area contributed by atoms with Gasteiger partial charge in [0.15, 0.2) is 0 Å². The molecule has 1 heterocycles. The molecular weight excluding hydrogens is 494 g/mol. The number of aliphatic hydroxyl groups excluding tert-OH is 1. The summed E-state index contributed by atoms with van der Waals surface area (Å²) in [4.78, 5) is 63.7. The van der Waals surface area contributed by atoms with Gasteiger partial charge in [-0.15, -0.1) is 0 Å². The van der Waals surface area contributed by atoms with Crippen LogP contribution in [-0.4, -0.2) is 86.0 Å². The van der Waals surface area contributed by atoms with Crippen LogP contribution in [0.5, 0.6) is 0 Å². The summed E-state index contributed by atoms with van der Waals surface area (Å²) < 4.78 is 0. The topological polar surface area (TPSA) is 224 Å². The monoisotopic (exact) mass is 523 g/mol. The van der Waals surface area contributed by atoms with Gasteiger partial charge in [-0.3, -0.25) is 19.2 Å². The number of hydrogen-bond acceptors (Lipinski definition) is 8. The van der Waals surface area contributed by atoms with Gasteiger partial charge in [0, 0.05) is 29.3 Å². The van der Waals surface area contributed by atoms with Crippen molar-refractivity contribution < 1.29 is 39.3 Å². The molecule has 1 aromatic carbocycles. The van der Waals surface area contributed by atoms with Gasteiger partial charge in [0.2, 0.25) is 17.7 Å². The van der Waals surface area contributed by atoms with Crippen LogP contribution in [0.15, 0.2) is 30.5 Å². The van der Waals surface area contributed by atoms with Crippen LogP contribution in [0.3, 0.4) is 0 Å². The van der Waals surface area contributed by atoms with Crippen molar-refractivity contribution in [3.05, 3.63) is 36.0 Å². The van der Waals surface area contributed by atoms with Gasteiger partial charge in [0.25, 0.3) is 0 Å². The standard InChI is InChI=1S/C22H29N5O8S/c1-10(28)18(23)21(33)27-16(9-36)20(32)25-14(7-17(29)30)19(31)26-15(22(34)35)6-11-8-24-13-5-3-2-4-12(11)13/h2-5,8,10,14-16,18,24,28,36H,6-7,9,23H2,1H3,(H,25,32)(H,26,31)(H,27,33)(H,29,30)(H,34,35). The molecular formula is C22H29N5O8S. The number of hydrogen-bond donors (Lipinski definition) is 9. The second kappa shape index (κ2) is 12.9. The number of thiol groups is 1. The molecule has 9 N–H and O–H groups in total. The fourth-order valence-corrected chi connectivity index (χ4v) is 3.59. The van der Waals surface area contributed by atoms with E-state index in [4.69, 9.17) is 5.73 Å². The first kappa shape index (κ1) is 28.6. The molecule has 0 spiro atoms. The number of carbonyl (C=O) groups is 5. The molecule has 3 amide bonds. The SMILES string of the molecule is CC(O)C(N)C(=O)NC(CS)C(=O)NC(CC(=O)O)C(=O)NC(Cc1c[nH]c2ccccc12)C(=O)O. The van der Waals surface area contributed by atoms with Gasteiger partial charge in [-0.25, -0.2) is 4.79 Å². The van der Waals surface area contributed by atoms with E-state index < -0.39 is 66.4 Å². The lowest BCUT2D eigenvalue weighted by Crippen LogP contribution is -2.59. The molecule has 5 unspecified atom stereocenters. The number of fused-ring (bicyclic) bond motifs is 1. The van der Waals surface area contributed by atoms with Crippen molar-refractivity contribution in [3.63, 3.8) is 0 Å². The van der Waals surface area contributed by atoms with Crippen LogP contribution < -0.4 is 21.7 Å². The molecule has 2 aromatic rings. The minimum absolute atomic E-state index is 0.106. The van der Waals surface area contributed by atoms with E-state index in [1.165, 1.54) is 6.92 Å². The number of para-hydroxylation sites is 1. The van der Waals surface area contributed by atoms with E-state index in [9.17, 15) is 39.3 Å². The van der Waals surface area contributed by atoms with Crippen LogP contribution >= 0.6 is 12.6 Å². The summed E-state index contributed by atoms with van der Waals surface area (Å²) >= 11 is 3.98. The van der Waals surface area contributed by atoms with E-state index in [0.717, 1.165) is 10.9 Å². The van der Waals surface area contributed by atoms with Crippen LogP contribution in [0.25, 0.3) is 10.9 Å². The number of aliphatic carboxylic acids is 2. The summed E-state index contributed by atoms with van der Waals surface area (Å²) in [7, 11) is 0. The maximum Gasteiger partial charge on any atom is 0.326 e. The van der Waals surface area contributed by atoms with E-state index in [-0.39, 0.29) is 12.2 Å². The van der Waals surface area contributed by atoms with Gasteiger partial charge in [0.1, 0.15) is 24.2 Å². The van der Waals surface area contributed by atoms with Crippen molar-refractivity contribution >= 4 is 53.2 Å². The molecule has 0 radical (unpaired) electrons. The number of aromatic nitrogens is 1. The van der Waals surface area contributed by atoms with E-state index in [0.29, 0.717) is 5.56 Å². The molecule has 196 valence electrons. The quantitative estimate of drug-likeness (QED) is 0.137. The lowest BCUT2D eigenvalue weighted by molar-refractivity contribution is -0.143. The highest BCUT2D eigenvalue weighted by molar-refractivity contribution is 7.80. The van der Waals surface area contributed by atoms with E-state index >= 15 is 0 Å². The number of benzene rings is 1. The predicted molar refractivity (Wildman–Crippen MR) is 131 cm³/mol. The van der Waals surface area contributed by atoms with Crippen LogP contribution in [0.2, 0.25) is 0 Å². The molecule has 0 aliphatic heterocycles. The number of H-pyrrole nitrogens is 1. The van der Waals surface area contributed by atoms with Crippen LogP contribution in [-0.2, 0) is 30.4 Å². The predicted octanol–water partition coefficient (Wildman–Crippen LogP) is -1.64. The number of carbonyl (C=O) groups excluding carboxylic acids is 3. The molecule has 13 nitrogen and oxygen atoms in total. The summed E-state index contributed by atoms with van der Waals surface area (Å²) in [5.74, 6) is -5.86. The van der Waals surface area contributed by atoms with E-state index in [1.54, 1.807) is 30.5 Å². The third-order valence-electron chi connectivity index (χ3n) is 5.36. The van der Waals surface area contributed by atoms with Gasteiger partial charge < -0.3 is 42.0 Å². The molecule has 0 saturated carbocycles. The molecule has 36 heavy (non-hydrogen) atoms. The van der Waals surface area contributed by atoms with Crippen molar-refractivity contribution in [2.45, 2.75) is 50.0 Å². The Balaban J connectivity index is 2.14. The fourth-order valence-electron chi connectivity index (χ4n) is 3.33. The number of aliphatic hydroxyl groups is 1. The summed E-state index contributed by atoms with van der Waals surface area (Å²) in [5.41, 5.74) is 6.92. The first-order valence-electron chi connectivity index (χ1n) is 10.9. The molecule has 5 atom stereocenters. The minimum Gasteiger partial charge on any atom is -0.481 e. The minimum atomic E-state index is -1.65. The zero-order chi connectivity index (χ0) is 27.0. The Labute approximate surface area is 211 Å². The van der Waals surface area contributed by atoms with Gasteiger partial charge >= 0.3 is 11.9 Å². The summed E-state index contributed by atoms with van der Waals surface area (Å²) in [5, 5.41) is 35.8. The van der Waals surface area contributed by atoms with Crippen molar-refractivity contribution in [3.8, 4) is 0 Å². The zero-order valence-electron chi connectivity index (χ0n) is 19.3. The molecule has 0 saturated heterocycles. The van der Waals surface area contributed by atoms with Crippen LogP contribution in [0, 0.1) is 0 Å². The highest BCUT2D eigenvalue weighted by Gasteiger charge is 2.32. The Bertz CT molecular complexity index is 1120. The normalized spacial score (nSPS) is 15.2. The number of carboxylic acids is 2. The van der Waals surface area contributed by atoms with Crippen LogP contribution in [0.1, 0.15) is 18.9 Å². The smallest absolute Gasteiger partial charge is 0.326 e. The molecule has 2 rings (SSSR count). The van der Waals surface area contributed by atoms with Crippen molar-refractivity contribution in [1.82, 2.24) is 20.9 Å². The molecule has 1 aromatic heterocycles. The van der Waals surface area contributed by atoms with Crippen LogP contribution in [0.4, 0.5) is 0 Å². The van der Waals surface area contributed by atoms with Gasteiger partial charge in [-0.05, 0) is 18.6 Å². The highest BCUT2D eigenvalue weighted by atomic mass is 32.1. The number of carboxylic acid groups (broad SMARTS) is 2. The Morgan fingerprint density at radius 2 is 1.56 bits per heavy atom. The molecule has 14 heteroatoms. The average Bonchev–Trinajstić information content (AvgIpc) is 3.23.